The summed E-state index contributed by atoms with van der Waals surface area (Å²) in [4.78, 5) is 34.4. The lowest BCUT2D eigenvalue weighted by Gasteiger charge is -2.09. The summed E-state index contributed by atoms with van der Waals surface area (Å²) in [7, 11) is 0. The van der Waals surface area contributed by atoms with E-state index in [1.807, 2.05) is 12.1 Å². The minimum atomic E-state index is -0.538. The Morgan fingerprint density at radius 2 is 1.56 bits per heavy atom. The molecule has 0 atom stereocenters. The first kappa shape index (κ1) is 20.4. The molecule has 0 aliphatic heterocycles. The Morgan fingerprint density at radius 1 is 0.926 bits per heavy atom. The number of rotatable bonds is 7. The first-order valence-electron chi connectivity index (χ1n) is 8.30. The van der Waals surface area contributed by atoms with Crippen molar-refractivity contribution in [3.63, 3.8) is 0 Å². The summed E-state index contributed by atoms with van der Waals surface area (Å²) in [5, 5.41) is 0.658. The van der Waals surface area contributed by atoms with Gasteiger partial charge in [-0.2, -0.15) is 0 Å². The number of hydrogen-bond acceptors (Lipinski definition) is 5. The summed E-state index contributed by atoms with van der Waals surface area (Å²) in [6.45, 7) is 2.51. The number of aryl methyl sites for hydroxylation is 1. The lowest BCUT2D eigenvalue weighted by molar-refractivity contribution is -0.134. The Hall–Kier alpha value is -2.92. The van der Waals surface area contributed by atoms with Crippen molar-refractivity contribution in [3.8, 4) is 11.5 Å². The number of esters is 2. The smallest absolute Gasteiger partial charge is 0.308 e. The van der Waals surface area contributed by atoms with Crippen LogP contribution in [0.3, 0.4) is 0 Å². The topological polar surface area (TPSA) is 69.7 Å². The zero-order valence-electron chi connectivity index (χ0n) is 15.0. The third kappa shape index (κ3) is 7.07. The maximum absolute atomic E-state index is 12.1. The molecule has 0 amide bonds. The quantitative estimate of drug-likeness (QED) is 0.400. The second-order valence-corrected chi connectivity index (χ2v) is 6.26. The molecule has 0 aromatic heterocycles. The first-order chi connectivity index (χ1) is 12.8. The maximum atomic E-state index is 12.1. The molecule has 0 heterocycles. The molecule has 6 heteroatoms. The minimum Gasteiger partial charge on any atom is -0.423 e. The second kappa shape index (κ2) is 9.69. The van der Waals surface area contributed by atoms with Gasteiger partial charge in [-0.05, 0) is 47.9 Å². The fourth-order valence-corrected chi connectivity index (χ4v) is 2.42. The highest BCUT2D eigenvalue weighted by atomic mass is 35.5. The van der Waals surface area contributed by atoms with Gasteiger partial charge in [0, 0.05) is 25.3 Å². The van der Waals surface area contributed by atoms with E-state index >= 15 is 0 Å². The minimum absolute atomic E-state index is 0.0388. The highest BCUT2D eigenvalue weighted by Gasteiger charge is 2.10. The Balaban J connectivity index is 2.03. The fraction of sp³-hybridized carbons (Fsp3) is 0.190. The highest BCUT2D eigenvalue weighted by molar-refractivity contribution is 6.30. The van der Waals surface area contributed by atoms with Gasteiger partial charge in [-0.1, -0.05) is 35.9 Å². The molecular weight excluding hydrogens is 368 g/mol. The average Bonchev–Trinajstić information content (AvgIpc) is 2.60. The van der Waals surface area contributed by atoms with Gasteiger partial charge >= 0.3 is 11.9 Å². The van der Waals surface area contributed by atoms with Crippen LogP contribution in [0.1, 0.15) is 31.4 Å². The monoisotopic (exact) mass is 386 g/mol. The predicted octanol–water partition coefficient (Wildman–Crippen LogP) is 4.41. The van der Waals surface area contributed by atoms with Crippen molar-refractivity contribution in [1.29, 1.82) is 0 Å². The maximum Gasteiger partial charge on any atom is 0.308 e. The van der Waals surface area contributed by atoms with Crippen molar-refractivity contribution >= 4 is 35.4 Å². The van der Waals surface area contributed by atoms with Crippen molar-refractivity contribution in [2.45, 2.75) is 26.7 Å². The number of carbonyl (C=O) groups is 3. The second-order valence-electron chi connectivity index (χ2n) is 5.82. The van der Waals surface area contributed by atoms with E-state index in [9.17, 15) is 14.4 Å². The van der Waals surface area contributed by atoms with E-state index in [1.165, 1.54) is 32.1 Å². The Morgan fingerprint density at radius 3 is 2.19 bits per heavy atom. The van der Waals surface area contributed by atoms with Gasteiger partial charge in [-0.25, -0.2) is 0 Å². The third-order valence-corrected chi connectivity index (χ3v) is 3.76. The fourth-order valence-electron chi connectivity index (χ4n) is 2.29. The van der Waals surface area contributed by atoms with Crippen molar-refractivity contribution in [3.05, 3.63) is 64.7 Å². The summed E-state index contributed by atoms with van der Waals surface area (Å²) < 4.78 is 10.1. The van der Waals surface area contributed by atoms with Crippen molar-refractivity contribution in [2.75, 3.05) is 0 Å². The van der Waals surface area contributed by atoms with Crippen LogP contribution in [-0.2, 0) is 20.8 Å². The van der Waals surface area contributed by atoms with Crippen LogP contribution < -0.4 is 9.47 Å². The van der Waals surface area contributed by atoms with Crippen LogP contribution in [0.4, 0.5) is 0 Å². The molecule has 0 saturated heterocycles. The first-order valence-corrected chi connectivity index (χ1v) is 8.67. The molecule has 0 aliphatic carbocycles. The van der Waals surface area contributed by atoms with E-state index < -0.39 is 11.9 Å². The van der Waals surface area contributed by atoms with Gasteiger partial charge in [0.05, 0.1) is 0 Å². The Bertz CT molecular complexity index is 869. The molecule has 0 bridgehead atoms. The van der Waals surface area contributed by atoms with Gasteiger partial charge in [0.1, 0.15) is 0 Å². The predicted molar refractivity (Wildman–Crippen MR) is 103 cm³/mol. The molecular formula is C21H19ClO5. The van der Waals surface area contributed by atoms with Crippen LogP contribution in [0.15, 0.2) is 48.5 Å². The zero-order chi connectivity index (χ0) is 19.8. The molecule has 2 aromatic rings. The summed E-state index contributed by atoms with van der Waals surface area (Å²) >= 11 is 5.84. The van der Waals surface area contributed by atoms with Gasteiger partial charge in [-0.3, -0.25) is 14.4 Å². The molecule has 2 aromatic carbocycles. The van der Waals surface area contributed by atoms with Crippen LogP contribution in [0, 0.1) is 0 Å². The van der Waals surface area contributed by atoms with Crippen LogP contribution in [0.5, 0.6) is 11.5 Å². The molecule has 0 aliphatic rings. The number of carbonyl (C=O) groups excluding carboxylic acids is 3. The van der Waals surface area contributed by atoms with Gasteiger partial charge in [0.2, 0.25) is 0 Å². The van der Waals surface area contributed by atoms with Gasteiger partial charge < -0.3 is 9.47 Å². The van der Waals surface area contributed by atoms with Gasteiger partial charge in [0.25, 0.3) is 0 Å². The van der Waals surface area contributed by atoms with Gasteiger partial charge in [-0.15, -0.1) is 0 Å². The Kier molecular flexibility index (Phi) is 7.32. The van der Waals surface area contributed by atoms with E-state index in [0.717, 1.165) is 5.56 Å². The molecule has 0 N–H and O–H groups in total. The average molecular weight is 387 g/mol. The SMILES string of the molecule is CC(=O)Oc1ccc(/C=C/C(=O)CCc2ccc(Cl)cc2)cc1OC(C)=O. The van der Waals surface area contributed by atoms with E-state index in [1.54, 1.807) is 24.3 Å². The summed E-state index contributed by atoms with van der Waals surface area (Å²) in [5.41, 5.74) is 1.67. The molecule has 0 saturated carbocycles. The molecule has 0 fully saturated rings. The molecule has 2 rings (SSSR count). The number of ketones is 1. The molecule has 5 nitrogen and oxygen atoms in total. The van der Waals surface area contributed by atoms with E-state index in [2.05, 4.69) is 0 Å². The van der Waals surface area contributed by atoms with E-state index in [4.69, 9.17) is 21.1 Å². The number of benzene rings is 2. The summed E-state index contributed by atoms with van der Waals surface area (Å²) in [5.74, 6) is -0.840. The van der Waals surface area contributed by atoms with Crippen molar-refractivity contribution < 1.29 is 23.9 Å². The number of halogens is 1. The zero-order valence-corrected chi connectivity index (χ0v) is 15.8. The van der Waals surface area contributed by atoms with Crippen molar-refractivity contribution in [2.24, 2.45) is 0 Å². The molecule has 0 radical (unpaired) electrons. The molecule has 0 spiro atoms. The van der Waals surface area contributed by atoms with Crippen LogP contribution in [-0.4, -0.2) is 17.7 Å². The van der Waals surface area contributed by atoms with Gasteiger partial charge in [0.15, 0.2) is 17.3 Å². The lowest BCUT2D eigenvalue weighted by atomic mass is 10.1. The van der Waals surface area contributed by atoms with Crippen LogP contribution in [0.25, 0.3) is 6.08 Å². The highest BCUT2D eigenvalue weighted by Crippen LogP contribution is 2.29. The normalized spacial score (nSPS) is 10.6. The number of ether oxygens (including phenoxy) is 2. The largest absolute Gasteiger partial charge is 0.423 e. The molecule has 140 valence electrons. The van der Waals surface area contributed by atoms with Crippen LogP contribution in [0.2, 0.25) is 5.02 Å². The number of hydrogen-bond donors (Lipinski definition) is 0. The van der Waals surface area contributed by atoms with E-state index in [-0.39, 0.29) is 17.3 Å². The lowest BCUT2D eigenvalue weighted by Crippen LogP contribution is -2.07. The van der Waals surface area contributed by atoms with Crippen molar-refractivity contribution in [1.82, 2.24) is 0 Å². The van der Waals surface area contributed by atoms with E-state index in [0.29, 0.717) is 23.4 Å². The summed E-state index contributed by atoms with van der Waals surface area (Å²) in [6.07, 6.45) is 4.06. The molecule has 27 heavy (non-hydrogen) atoms. The standard InChI is InChI=1S/C21H19ClO5/c1-14(23)26-20-12-7-17(13-21(20)27-15(2)24)6-11-19(25)10-5-16-3-8-18(22)9-4-16/h3-4,6-9,11-13H,5,10H2,1-2H3/b11-6+. The third-order valence-electron chi connectivity index (χ3n) is 3.51. The summed E-state index contributed by atoms with van der Waals surface area (Å²) in [6, 6.07) is 12.1. The number of allylic oxidation sites excluding steroid dienone is 1. The molecule has 0 unspecified atom stereocenters. The van der Waals surface area contributed by atoms with Crippen LogP contribution >= 0.6 is 11.6 Å². The Labute approximate surface area is 162 Å².